The van der Waals surface area contributed by atoms with E-state index in [0.717, 1.165) is 9.78 Å². The summed E-state index contributed by atoms with van der Waals surface area (Å²) in [5, 5.41) is 2.59. The summed E-state index contributed by atoms with van der Waals surface area (Å²) in [6.45, 7) is 1.48. The van der Waals surface area contributed by atoms with Crippen molar-refractivity contribution in [2.24, 2.45) is 0 Å². The summed E-state index contributed by atoms with van der Waals surface area (Å²) in [6, 6.07) is 8.20. The third-order valence-corrected chi connectivity index (χ3v) is 5.65. The van der Waals surface area contributed by atoms with Crippen LogP contribution in [0.3, 0.4) is 0 Å². The number of rotatable bonds is 5. The molecule has 0 spiro atoms. The minimum atomic E-state index is -1.34. The summed E-state index contributed by atoms with van der Waals surface area (Å²) < 4.78 is 13.8. The second-order valence-electron chi connectivity index (χ2n) is 6.41. The highest BCUT2D eigenvalue weighted by atomic mass is 35.5. The van der Waals surface area contributed by atoms with Crippen LogP contribution in [0.2, 0.25) is 4.34 Å². The van der Waals surface area contributed by atoms with Crippen molar-refractivity contribution in [2.45, 2.75) is 19.0 Å². The monoisotopic (exact) mass is 409 g/mol. The van der Waals surface area contributed by atoms with Gasteiger partial charge in [-0.15, -0.1) is 11.3 Å². The Balaban J connectivity index is 1.71. The first-order valence-electron chi connectivity index (χ1n) is 8.09. The van der Waals surface area contributed by atoms with E-state index in [0.29, 0.717) is 16.4 Å². The van der Waals surface area contributed by atoms with Crippen LogP contribution in [0.15, 0.2) is 36.4 Å². The van der Waals surface area contributed by atoms with Crippen molar-refractivity contribution in [1.82, 2.24) is 15.1 Å². The molecule has 1 atom stereocenters. The summed E-state index contributed by atoms with van der Waals surface area (Å²) >= 11 is 7.24. The number of imide groups is 1. The van der Waals surface area contributed by atoms with Gasteiger partial charge in [0.25, 0.3) is 5.91 Å². The molecule has 0 bridgehead atoms. The van der Waals surface area contributed by atoms with Crippen molar-refractivity contribution in [3.8, 4) is 0 Å². The molecular weight excluding hydrogens is 393 g/mol. The van der Waals surface area contributed by atoms with E-state index in [2.05, 4.69) is 5.32 Å². The number of carbonyl (C=O) groups is 3. The molecule has 2 aromatic rings. The van der Waals surface area contributed by atoms with Crippen LogP contribution in [0, 0.1) is 5.82 Å². The normalized spacial score (nSPS) is 19.3. The van der Waals surface area contributed by atoms with Gasteiger partial charge in [-0.05, 0) is 36.8 Å². The summed E-state index contributed by atoms with van der Waals surface area (Å²) in [6.07, 6.45) is 0. The Morgan fingerprint density at radius 3 is 2.52 bits per heavy atom. The van der Waals surface area contributed by atoms with Gasteiger partial charge in [0.05, 0.1) is 10.9 Å². The van der Waals surface area contributed by atoms with Gasteiger partial charge in [-0.2, -0.15) is 0 Å². The second-order valence-corrected chi connectivity index (χ2v) is 8.21. The fourth-order valence-electron chi connectivity index (χ4n) is 2.83. The Hall–Kier alpha value is -2.45. The van der Waals surface area contributed by atoms with Crippen LogP contribution in [0.5, 0.6) is 0 Å². The number of hydrogen-bond donors (Lipinski definition) is 1. The molecule has 0 saturated carbocycles. The number of carbonyl (C=O) groups excluding carboxylic acids is 3. The van der Waals surface area contributed by atoms with Crippen LogP contribution < -0.4 is 5.32 Å². The number of thiophene rings is 1. The summed E-state index contributed by atoms with van der Waals surface area (Å²) in [4.78, 5) is 40.8. The number of nitrogens with zero attached hydrogens (tertiary/aromatic N) is 2. The molecule has 1 unspecified atom stereocenters. The average molecular weight is 410 g/mol. The highest BCUT2D eigenvalue weighted by Crippen LogP contribution is 2.29. The van der Waals surface area contributed by atoms with Gasteiger partial charge in [0.2, 0.25) is 5.91 Å². The van der Waals surface area contributed by atoms with Crippen LogP contribution in [-0.2, 0) is 21.7 Å². The van der Waals surface area contributed by atoms with Crippen molar-refractivity contribution in [3.63, 3.8) is 0 Å². The number of benzene rings is 1. The zero-order valence-electron chi connectivity index (χ0n) is 14.7. The lowest BCUT2D eigenvalue weighted by molar-refractivity contribution is -0.138. The fraction of sp³-hybridized carbons (Fsp3) is 0.278. The predicted octanol–water partition coefficient (Wildman–Crippen LogP) is 2.97. The van der Waals surface area contributed by atoms with E-state index in [1.165, 1.54) is 47.4 Å². The largest absolute Gasteiger partial charge is 0.339 e. The van der Waals surface area contributed by atoms with Gasteiger partial charge in [0.15, 0.2) is 0 Å². The van der Waals surface area contributed by atoms with Gasteiger partial charge in [-0.1, -0.05) is 23.7 Å². The molecule has 142 valence electrons. The molecule has 1 aromatic heterocycles. The maximum atomic E-state index is 13.1. The molecule has 4 amide bonds. The topological polar surface area (TPSA) is 69.7 Å². The molecule has 3 rings (SSSR count). The van der Waals surface area contributed by atoms with Gasteiger partial charge < -0.3 is 10.2 Å². The minimum absolute atomic E-state index is 0.328. The van der Waals surface area contributed by atoms with Gasteiger partial charge in [0.1, 0.15) is 17.9 Å². The Morgan fingerprint density at radius 2 is 1.93 bits per heavy atom. The van der Waals surface area contributed by atoms with Crippen molar-refractivity contribution >= 4 is 40.8 Å². The van der Waals surface area contributed by atoms with Gasteiger partial charge in [0, 0.05) is 11.9 Å². The van der Waals surface area contributed by atoms with Crippen LogP contribution in [0.25, 0.3) is 0 Å². The molecule has 0 radical (unpaired) electrons. The molecule has 1 aromatic carbocycles. The molecule has 6 nitrogen and oxygen atoms in total. The first-order valence-corrected chi connectivity index (χ1v) is 9.28. The Bertz CT molecular complexity index is 902. The van der Waals surface area contributed by atoms with Crippen molar-refractivity contribution in [3.05, 3.63) is 57.0 Å². The fourth-order valence-corrected chi connectivity index (χ4v) is 3.98. The first-order chi connectivity index (χ1) is 12.7. The quantitative estimate of drug-likeness (QED) is 0.772. The molecule has 2 heterocycles. The Labute approximate surface area is 164 Å². The standard InChI is InChI=1S/C18H17ClFN3O3S/c1-18(11-3-5-12(20)6-4-11)16(25)23(17(26)21-18)10-15(24)22(2)9-13-7-8-14(19)27-13/h3-8H,9-10H2,1-2H3,(H,21,26). The molecule has 9 heteroatoms. The smallest absolute Gasteiger partial charge is 0.325 e. The number of nitrogens with one attached hydrogen (secondary N) is 1. The highest BCUT2D eigenvalue weighted by Gasteiger charge is 2.49. The number of urea groups is 1. The lowest BCUT2D eigenvalue weighted by Gasteiger charge is -2.23. The second kappa shape index (κ2) is 7.28. The SMILES string of the molecule is CN(Cc1ccc(Cl)s1)C(=O)CN1C(=O)NC(C)(c2ccc(F)cc2)C1=O. The van der Waals surface area contributed by atoms with Gasteiger partial charge in [-0.3, -0.25) is 14.5 Å². The number of amides is 4. The van der Waals surface area contributed by atoms with E-state index in [-0.39, 0.29) is 12.5 Å². The zero-order valence-corrected chi connectivity index (χ0v) is 16.2. The average Bonchev–Trinajstić information content (AvgIpc) is 3.12. The zero-order chi connectivity index (χ0) is 19.8. The third-order valence-electron chi connectivity index (χ3n) is 4.44. The van der Waals surface area contributed by atoms with E-state index in [1.54, 1.807) is 13.1 Å². The van der Waals surface area contributed by atoms with E-state index in [1.807, 2.05) is 6.07 Å². The lowest BCUT2D eigenvalue weighted by atomic mass is 9.92. The van der Waals surface area contributed by atoms with E-state index in [4.69, 9.17) is 11.6 Å². The first kappa shape index (κ1) is 19.3. The number of halogens is 2. The van der Waals surface area contributed by atoms with E-state index in [9.17, 15) is 18.8 Å². The molecule has 27 heavy (non-hydrogen) atoms. The van der Waals surface area contributed by atoms with Gasteiger partial charge >= 0.3 is 6.03 Å². The molecular formula is C18H17ClFN3O3S. The van der Waals surface area contributed by atoms with Crippen LogP contribution in [0.1, 0.15) is 17.4 Å². The number of hydrogen-bond acceptors (Lipinski definition) is 4. The Morgan fingerprint density at radius 1 is 1.26 bits per heavy atom. The molecule has 1 N–H and O–H groups in total. The van der Waals surface area contributed by atoms with Crippen LogP contribution in [0.4, 0.5) is 9.18 Å². The molecule has 1 saturated heterocycles. The summed E-state index contributed by atoms with van der Waals surface area (Å²) in [5.74, 6) is -1.38. The van der Waals surface area contributed by atoms with E-state index < -0.39 is 23.3 Å². The summed E-state index contributed by atoms with van der Waals surface area (Å²) in [7, 11) is 1.59. The van der Waals surface area contributed by atoms with E-state index >= 15 is 0 Å². The maximum absolute atomic E-state index is 13.1. The minimum Gasteiger partial charge on any atom is -0.339 e. The van der Waals surface area contributed by atoms with Crippen LogP contribution in [-0.4, -0.2) is 41.2 Å². The maximum Gasteiger partial charge on any atom is 0.325 e. The molecule has 1 aliphatic heterocycles. The lowest BCUT2D eigenvalue weighted by Crippen LogP contribution is -2.43. The number of likely N-dealkylation sites (N-methyl/N-ethyl adjacent to an activating group) is 1. The van der Waals surface area contributed by atoms with Crippen molar-refractivity contribution in [2.75, 3.05) is 13.6 Å². The van der Waals surface area contributed by atoms with Crippen LogP contribution >= 0.6 is 22.9 Å². The van der Waals surface area contributed by atoms with Gasteiger partial charge in [-0.25, -0.2) is 9.18 Å². The Kier molecular flexibility index (Phi) is 5.21. The molecule has 0 aliphatic carbocycles. The highest BCUT2D eigenvalue weighted by molar-refractivity contribution is 7.16. The molecule has 1 fully saturated rings. The predicted molar refractivity (Wildman–Crippen MR) is 99.8 cm³/mol. The van der Waals surface area contributed by atoms with Crippen molar-refractivity contribution < 1.29 is 18.8 Å². The van der Waals surface area contributed by atoms with Crippen molar-refractivity contribution in [1.29, 1.82) is 0 Å². The summed E-state index contributed by atoms with van der Waals surface area (Å²) in [5.41, 5.74) is -0.899. The molecule has 1 aliphatic rings. The third kappa shape index (κ3) is 3.81.